The molecule has 0 aliphatic heterocycles. The summed E-state index contributed by atoms with van der Waals surface area (Å²) in [4.78, 5) is 0. The molecule has 0 fully saturated rings. The summed E-state index contributed by atoms with van der Waals surface area (Å²) in [6.07, 6.45) is 2.26. The van der Waals surface area contributed by atoms with E-state index in [2.05, 4.69) is 20.8 Å². The Morgan fingerprint density at radius 2 is 1.25 bits per heavy atom. The van der Waals surface area contributed by atoms with Crippen molar-refractivity contribution in [2.45, 2.75) is 39.5 Å². The second kappa shape index (κ2) is 8.26. The fourth-order valence-corrected chi connectivity index (χ4v) is 1.81. The Kier molecular flexibility index (Phi) is 6.65. The van der Waals surface area contributed by atoms with Crippen molar-refractivity contribution in [2.75, 3.05) is 0 Å². The predicted molar refractivity (Wildman–Crippen MR) is 84.3 cm³/mol. The Bertz CT molecular complexity index is 484. The molecule has 0 radical (unpaired) electrons. The first-order valence-corrected chi connectivity index (χ1v) is 7.09. The monoisotopic (exact) mass is 272 g/mol. The third kappa shape index (κ3) is 5.79. The quantitative estimate of drug-likeness (QED) is 0.837. The van der Waals surface area contributed by atoms with Gasteiger partial charge in [0, 0.05) is 0 Å². The Morgan fingerprint density at radius 1 is 0.800 bits per heavy atom. The van der Waals surface area contributed by atoms with Gasteiger partial charge < -0.3 is 10.2 Å². The molecule has 0 spiro atoms. The van der Waals surface area contributed by atoms with Crippen LogP contribution in [0.5, 0.6) is 11.5 Å². The third-order valence-electron chi connectivity index (χ3n) is 3.03. The molecule has 2 N–H and O–H groups in total. The first-order valence-electron chi connectivity index (χ1n) is 7.09. The maximum absolute atomic E-state index is 8.94. The molecule has 0 saturated carbocycles. The number of hydrogen-bond donors (Lipinski definition) is 2. The van der Waals surface area contributed by atoms with E-state index in [1.54, 1.807) is 24.3 Å². The van der Waals surface area contributed by atoms with E-state index in [1.165, 1.54) is 11.1 Å². The Balaban J connectivity index is 0.000000200. The number of benzene rings is 2. The zero-order valence-corrected chi connectivity index (χ0v) is 12.5. The number of rotatable bonds is 3. The SMILES string of the molecule is CC(C)c1ccc(O)cc1.CCCc1ccc(O)cc1. The molecule has 0 aliphatic carbocycles. The third-order valence-corrected chi connectivity index (χ3v) is 3.03. The molecule has 0 amide bonds. The van der Waals surface area contributed by atoms with Crippen LogP contribution in [0, 0.1) is 0 Å². The minimum Gasteiger partial charge on any atom is -0.508 e. The van der Waals surface area contributed by atoms with E-state index < -0.39 is 0 Å². The highest BCUT2D eigenvalue weighted by Gasteiger charge is 1.96. The van der Waals surface area contributed by atoms with Gasteiger partial charge in [-0.15, -0.1) is 0 Å². The molecule has 2 aromatic rings. The standard InChI is InChI=1S/2C9H12O/c1-7(2)8-3-5-9(10)6-4-8;1-2-3-8-4-6-9(10)7-5-8/h3-7,10H,1-2H3;4-7,10H,2-3H2,1H3. The maximum Gasteiger partial charge on any atom is 0.115 e. The number of phenolic OH excluding ortho intramolecular Hbond substituents is 2. The average molecular weight is 272 g/mol. The second-order valence-corrected chi connectivity index (χ2v) is 5.16. The Morgan fingerprint density at radius 3 is 1.65 bits per heavy atom. The zero-order valence-electron chi connectivity index (χ0n) is 12.5. The molecule has 108 valence electrons. The van der Waals surface area contributed by atoms with Gasteiger partial charge in [-0.3, -0.25) is 0 Å². The predicted octanol–water partition coefficient (Wildman–Crippen LogP) is 4.86. The normalized spacial score (nSPS) is 10.0. The van der Waals surface area contributed by atoms with E-state index >= 15 is 0 Å². The molecular weight excluding hydrogens is 248 g/mol. The summed E-state index contributed by atoms with van der Waals surface area (Å²) in [5.41, 5.74) is 2.55. The topological polar surface area (TPSA) is 40.5 Å². The molecule has 0 aromatic heterocycles. The van der Waals surface area contributed by atoms with Crippen LogP contribution in [0.25, 0.3) is 0 Å². The van der Waals surface area contributed by atoms with E-state index in [9.17, 15) is 0 Å². The Hall–Kier alpha value is -1.96. The first-order chi connectivity index (χ1) is 9.52. The fourth-order valence-electron chi connectivity index (χ4n) is 1.81. The summed E-state index contributed by atoms with van der Waals surface area (Å²) in [7, 11) is 0. The Labute approximate surface area is 121 Å². The van der Waals surface area contributed by atoms with E-state index in [1.807, 2.05) is 24.3 Å². The number of aromatic hydroxyl groups is 2. The van der Waals surface area contributed by atoms with Gasteiger partial charge in [-0.2, -0.15) is 0 Å². The first kappa shape index (κ1) is 16.1. The van der Waals surface area contributed by atoms with Crippen molar-refractivity contribution in [1.82, 2.24) is 0 Å². The average Bonchev–Trinajstić information content (AvgIpc) is 2.43. The molecular formula is C18H24O2. The highest BCUT2D eigenvalue weighted by Crippen LogP contribution is 2.16. The number of aryl methyl sites for hydroxylation is 1. The highest BCUT2D eigenvalue weighted by molar-refractivity contribution is 5.27. The summed E-state index contributed by atoms with van der Waals surface area (Å²) in [6.45, 7) is 6.41. The van der Waals surface area contributed by atoms with Crippen LogP contribution in [0.3, 0.4) is 0 Å². The molecule has 2 rings (SSSR count). The molecule has 2 heteroatoms. The highest BCUT2D eigenvalue weighted by atomic mass is 16.3. The van der Waals surface area contributed by atoms with Crippen molar-refractivity contribution in [3.05, 3.63) is 59.7 Å². The second-order valence-electron chi connectivity index (χ2n) is 5.16. The van der Waals surface area contributed by atoms with E-state index in [4.69, 9.17) is 10.2 Å². The van der Waals surface area contributed by atoms with Crippen LogP contribution in [0.1, 0.15) is 44.2 Å². The molecule has 0 heterocycles. The number of phenols is 2. The van der Waals surface area contributed by atoms with Crippen LogP contribution in [0.4, 0.5) is 0 Å². The van der Waals surface area contributed by atoms with Crippen molar-refractivity contribution < 1.29 is 10.2 Å². The van der Waals surface area contributed by atoms with Gasteiger partial charge in [0.2, 0.25) is 0 Å². The lowest BCUT2D eigenvalue weighted by molar-refractivity contribution is 0.474. The lowest BCUT2D eigenvalue weighted by Crippen LogP contribution is -1.84. The van der Waals surface area contributed by atoms with Crippen molar-refractivity contribution in [3.63, 3.8) is 0 Å². The van der Waals surface area contributed by atoms with Gasteiger partial charge in [0.1, 0.15) is 11.5 Å². The molecule has 0 bridgehead atoms. The van der Waals surface area contributed by atoms with Crippen molar-refractivity contribution in [1.29, 1.82) is 0 Å². The van der Waals surface area contributed by atoms with Crippen molar-refractivity contribution in [2.24, 2.45) is 0 Å². The summed E-state index contributed by atoms with van der Waals surface area (Å²) in [6, 6.07) is 14.7. The van der Waals surface area contributed by atoms with Gasteiger partial charge in [0.05, 0.1) is 0 Å². The zero-order chi connectivity index (χ0) is 15.0. The van der Waals surface area contributed by atoms with Crippen LogP contribution < -0.4 is 0 Å². The lowest BCUT2D eigenvalue weighted by atomic mass is 10.0. The molecule has 2 nitrogen and oxygen atoms in total. The summed E-state index contributed by atoms with van der Waals surface area (Å²) in [5.74, 6) is 1.23. The van der Waals surface area contributed by atoms with Gasteiger partial charge in [0.25, 0.3) is 0 Å². The smallest absolute Gasteiger partial charge is 0.115 e. The molecule has 0 saturated heterocycles. The van der Waals surface area contributed by atoms with Crippen molar-refractivity contribution >= 4 is 0 Å². The van der Waals surface area contributed by atoms with Crippen LogP contribution in [-0.2, 0) is 6.42 Å². The molecule has 0 atom stereocenters. The lowest BCUT2D eigenvalue weighted by Gasteiger charge is -2.03. The van der Waals surface area contributed by atoms with E-state index in [0.717, 1.165) is 12.8 Å². The molecule has 20 heavy (non-hydrogen) atoms. The largest absolute Gasteiger partial charge is 0.508 e. The minimum atomic E-state index is 0.337. The minimum absolute atomic E-state index is 0.337. The van der Waals surface area contributed by atoms with Crippen molar-refractivity contribution in [3.8, 4) is 11.5 Å². The number of hydrogen-bond acceptors (Lipinski definition) is 2. The van der Waals surface area contributed by atoms with E-state index in [0.29, 0.717) is 17.4 Å². The van der Waals surface area contributed by atoms with Gasteiger partial charge >= 0.3 is 0 Å². The van der Waals surface area contributed by atoms with Gasteiger partial charge in [-0.25, -0.2) is 0 Å². The van der Waals surface area contributed by atoms with Gasteiger partial charge in [0.15, 0.2) is 0 Å². The summed E-state index contributed by atoms with van der Waals surface area (Å²) >= 11 is 0. The molecule has 0 unspecified atom stereocenters. The maximum atomic E-state index is 8.94. The van der Waals surface area contributed by atoms with Crippen LogP contribution in [-0.4, -0.2) is 10.2 Å². The summed E-state index contributed by atoms with van der Waals surface area (Å²) < 4.78 is 0. The molecule has 2 aromatic carbocycles. The summed E-state index contributed by atoms with van der Waals surface area (Å²) in [5, 5.41) is 17.9. The van der Waals surface area contributed by atoms with Gasteiger partial charge in [-0.1, -0.05) is 51.5 Å². The van der Waals surface area contributed by atoms with Gasteiger partial charge in [-0.05, 0) is 47.7 Å². The fraction of sp³-hybridized carbons (Fsp3) is 0.333. The van der Waals surface area contributed by atoms with Crippen LogP contribution >= 0.6 is 0 Å². The van der Waals surface area contributed by atoms with Crippen LogP contribution in [0.15, 0.2) is 48.5 Å². The molecule has 0 aliphatic rings. The van der Waals surface area contributed by atoms with Crippen LogP contribution in [0.2, 0.25) is 0 Å². The van der Waals surface area contributed by atoms with E-state index in [-0.39, 0.29) is 0 Å².